The van der Waals surface area contributed by atoms with Crippen LogP contribution >= 0.6 is 15.9 Å². The maximum atomic E-state index is 12.3. The Labute approximate surface area is 120 Å². The average Bonchev–Trinajstić information content (AvgIpc) is 2.85. The summed E-state index contributed by atoms with van der Waals surface area (Å²) in [4.78, 5) is 16.4. The van der Waals surface area contributed by atoms with Gasteiger partial charge < -0.3 is 5.32 Å². The molecule has 1 heterocycles. The van der Waals surface area contributed by atoms with Gasteiger partial charge in [-0.2, -0.15) is 0 Å². The van der Waals surface area contributed by atoms with Crippen LogP contribution in [0.5, 0.6) is 0 Å². The van der Waals surface area contributed by atoms with Gasteiger partial charge in [0, 0.05) is 12.1 Å². The molecule has 0 fully saturated rings. The Balaban J connectivity index is 1.72. The van der Waals surface area contributed by atoms with Gasteiger partial charge in [-0.15, -0.1) is 0 Å². The van der Waals surface area contributed by atoms with E-state index < -0.39 is 0 Å². The molecular weight excluding hydrogens is 304 g/mol. The Hall–Kier alpha value is -1.68. The maximum absolute atomic E-state index is 12.3. The second-order valence-electron chi connectivity index (χ2n) is 4.70. The molecule has 1 aliphatic carbocycles. The number of carbonyl (C=O) groups excluding carboxylic acids is 1. The second-order valence-corrected chi connectivity index (χ2v) is 5.46. The van der Waals surface area contributed by atoms with Gasteiger partial charge >= 0.3 is 0 Å². The highest BCUT2D eigenvalue weighted by Crippen LogP contribution is 2.28. The van der Waals surface area contributed by atoms with Crippen molar-refractivity contribution in [2.24, 2.45) is 5.92 Å². The van der Waals surface area contributed by atoms with Crippen molar-refractivity contribution in [3.05, 3.63) is 58.3 Å². The molecule has 0 saturated carbocycles. The number of fused-ring (bicyclic) bond motifs is 1. The van der Waals surface area contributed by atoms with Gasteiger partial charge in [-0.25, -0.2) is 4.98 Å². The molecule has 1 amide bonds. The number of benzene rings is 1. The first-order valence-electron chi connectivity index (χ1n) is 6.22. The summed E-state index contributed by atoms with van der Waals surface area (Å²) in [7, 11) is 0. The van der Waals surface area contributed by atoms with Crippen LogP contribution in [0, 0.1) is 5.92 Å². The number of nitrogens with one attached hydrogen (secondary N) is 1. The monoisotopic (exact) mass is 316 g/mol. The van der Waals surface area contributed by atoms with Gasteiger partial charge in [0.2, 0.25) is 5.91 Å². The van der Waals surface area contributed by atoms with E-state index in [2.05, 4.69) is 38.4 Å². The number of rotatable bonds is 2. The molecule has 3 rings (SSSR count). The minimum Gasteiger partial charge on any atom is -0.324 e. The molecule has 2 aromatic rings. The van der Waals surface area contributed by atoms with Crippen LogP contribution < -0.4 is 5.32 Å². The molecule has 0 radical (unpaired) electrons. The summed E-state index contributed by atoms with van der Waals surface area (Å²) >= 11 is 3.34. The molecule has 4 heteroatoms. The predicted octanol–water partition coefficient (Wildman–Crippen LogP) is 3.20. The van der Waals surface area contributed by atoms with E-state index in [1.54, 1.807) is 6.20 Å². The molecule has 19 heavy (non-hydrogen) atoms. The van der Waals surface area contributed by atoms with Gasteiger partial charge in [-0.05, 0) is 52.0 Å². The average molecular weight is 317 g/mol. The number of amides is 1. The van der Waals surface area contributed by atoms with Crippen molar-refractivity contribution < 1.29 is 4.79 Å². The first kappa shape index (κ1) is 12.4. The summed E-state index contributed by atoms with van der Waals surface area (Å²) in [5, 5.41) is 2.94. The number of aromatic nitrogens is 1. The lowest BCUT2D eigenvalue weighted by Gasteiger charge is -2.11. The molecule has 0 unspecified atom stereocenters. The largest absolute Gasteiger partial charge is 0.324 e. The van der Waals surface area contributed by atoms with E-state index >= 15 is 0 Å². The van der Waals surface area contributed by atoms with Crippen molar-refractivity contribution >= 4 is 27.5 Å². The van der Waals surface area contributed by atoms with Crippen molar-refractivity contribution in [3.8, 4) is 0 Å². The molecule has 0 aliphatic heterocycles. The standard InChI is InChI=1S/C15H13BrN2O/c16-14-13(6-3-7-17-14)18-15(19)12-8-10-4-1-2-5-11(10)9-12/h1-7,12H,8-9H2,(H,18,19). The van der Waals surface area contributed by atoms with Crippen molar-refractivity contribution in [1.29, 1.82) is 0 Å². The number of hydrogen-bond donors (Lipinski definition) is 1. The summed E-state index contributed by atoms with van der Waals surface area (Å²) in [6.07, 6.45) is 3.32. The fraction of sp³-hybridized carbons (Fsp3) is 0.200. The normalized spacial score (nSPS) is 14.2. The number of nitrogens with zero attached hydrogens (tertiary/aromatic N) is 1. The predicted molar refractivity (Wildman–Crippen MR) is 77.9 cm³/mol. The highest BCUT2D eigenvalue weighted by molar-refractivity contribution is 9.10. The molecule has 1 aromatic carbocycles. The van der Waals surface area contributed by atoms with Gasteiger partial charge in [0.25, 0.3) is 0 Å². The van der Waals surface area contributed by atoms with Gasteiger partial charge in [0.15, 0.2) is 0 Å². The van der Waals surface area contributed by atoms with Crippen LogP contribution in [0.3, 0.4) is 0 Å². The highest BCUT2D eigenvalue weighted by Gasteiger charge is 2.27. The summed E-state index contributed by atoms with van der Waals surface area (Å²) in [6.45, 7) is 0. The quantitative estimate of drug-likeness (QED) is 0.864. The van der Waals surface area contributed by atoms with Crippen molar-refractivity contribution in [1.82, 2.24) is 4.98 Å². The lowest BCUT2D eigenvalue weighted by atomic mass is 10.1. The topological polar surface area (TPSA) is 42.0 Å². The Morgan fingerprint density at radius 1 is 1.16 bits per heavy atom. The molecule has 1 aliphatic rings. The van der Waals surface area contributed by atoms with Crippen LogP contribution in [0.1, 0.15) is 11.1 Å². The number of anilines is 1. The van der Waals surface area contributed by atoms with E-state index in [1.165, 1.54) is 11.1 Å². The molecule has 96 valence electrons. The van der Waals surface area contributed by atoms with Gasteiger partial charge in [-0.3, -0.25) is 4.79 Å². The van der Waals surface area contributed by atoms with Crippen molar-refractivity contribution in [2.75, 3.05) is 5.32 Å². The van der Waals surface area contributed by atoms with E-state index in [4.69, 9.17) is 0 Å². The van der Waals surface area contributed by atoms with Crippen LogP contribution in [0.25, 0.3) is 0 Å². The molecule has 1 N–H and O–H groups in total. The third-order valence-corrected chi connectivity index (χ3v) is 4.07. The zero-order valence-corrected chi connectivity index (χ0v) is 11.9. The highest BCUT2D eigenvalue weighted by atomic mass is 79.9. The fourth-order valence-corrected chi connectivity index (χ4v) is 2.81. The Kier molecular flexibility index (Phi) is 3.34. The van der Waals surface area contributed by atoms with E-state index in [0.717, 1.165) is 18.5 Å². The zero-order valence-electron chi connectivity index (χ0n) is 10.3. The van der Waals surface area contributed by atoms with Gasteiger partial charge in [0.1, 0.15) is 4.60 Å². The summed E-state index contributed by atoms with van der Waals surface area (Å²) < 4.78 is 0.666. The maximum Gasteiger partial charge on any atom is 0.228 e. The molecule has 0 bridgehead atoms. The van der Waals surface area contributed by atoms with Crippen LogP contribution in [-0.4, -0.2) is 10.9 Å². The van der Waals surface area contributed by atoms with E-state index in [-0.39, 0.29) is 11.8 Å². The lowest BCUT2D eigenvalue weighted by molar-refractivity contribution is -0.119. The minimum absolute atomic E-state index is 0.0181. The first-order valence-corrected chi connectivity index (χ1v) is 7.01. The van der Waals surface area contributed by atoms with Gasteiger partial charge in [0.05, 0.1) is 5.69 Å². The molecule has 3 nitrogen and oxygen atoms in total. The minimum atomic E-state index is 0.0181. The molecular formula is C15H13BrN2O. The van der Waals surface area contributed by atoms with Gasteiger partial charge in [-0.1, -0.05) is 24.3 Å². The number of hydrogen-bond acceptors (Lipinski definition) is 2. The van der Waals surface area contributed by atoms with E-state index in [9.17, 15) is 4.79 Å². The van der Waals surface area contributed by atoms with Crippen molar-refractivity contribution in [2.45, 2.75) is 12.8 Å². The number of halogens is 1. The van der Waals surface area contributed by atoms with E-state index in [0.29, 0.717) is 4.60 Å². The summed E-state index contributed by atoms with van der Waals surface area (Å²) in [5.74, 6) is 0.0782. The Morgan fingerprint density at radius 2 is 1.84 bits per heavy atom. The van der Waals surface area contributed by atoms with Crippen LogP contribution in [0.2, 0.25) is 0 Å². The van der Waals surface area contributed by atoms with Crippen LogP contribution in [0.4, 0.5) is 5.69 Å². The Bertz CT molecular complexity index is 602. The molecule has 0 saturated heterocycles. The number of carbonyl (C=O) groups is 1. The molecule has 0 spiro atoms. The van der Waals surface area contributed by atoms with Crippen LogP contribution in [0.15, 0.2) is 47.2 Å². The smallest absolute Gasteiger partial charge is 0.228 e. The third kappa shape index (κ3) is 2.54. The third-order valence-electron chi connectivity index (χ3n) is 3.44. The molecule has 1 aromatic heterocycles. The first-order chi connectivity index (χ1) is 9.24. The Morgan fingerprint density at radius 3 is 2.47 bits per heavy atom. The van der Waals surface area contributed by atoms with Crippen LogP contribution in [-0.2, 0) is 17.6 Å². The van der Waals surface area contributed by atoms with E-state index in [1.807, 2.05) is 24.3 Å². The summed E-state index contributed by atoms with van der Waals surface area (Å²) in [5.41, 5.74) is 3.30. The fourth-order valence-electron chi connectivity index (χ4n) is 2.46. The molecule has 0 atom stereocenters. The summed E-state index contributed by atoms with van der Waals surface area (Å²) in [6, 6.07) is 11.9. The lowest BCUT2D eigenvalue weighted by Crippen LogP contribution is -2.23. The zero-order chi connectivity index (χ0) is 13.2. The second kappa shape index (κ2) is 5.13. The SMILES string of the molecule is O=C(Nc1cccnc1Br)C1Cc2ccccc2C1. The van der Waals surface area contributed by atoms with Crippen molar-refractivity contribution in [3.63, 3.8) is 0 Å². The number of pyridine rings is 1.